The minimum atomic E-state index is -0.846. The number of esters is 1. The van der Waals surface area contributed by atoms with E-state index in [0.717, 1.165) is 18.4 Å². The first-order chi connectivity index (χ1) is 20.1. The maximum atomic E-state index is 13.5. The van der Waals surface area contributed by atoms with Gasteiger partial charge in [0.2, 0.25) is 24.5 Å². The second kappa shape index (κ2) is 18.2. The smallest absolute Gasteiger partial charge is 0.342 e. The average Bonchev–Trinajstić information content (AvgIpc) is 2.99. The Labute approximate surface area is 246 Å². The molecule has 3 atom stereocenters. The Bertz CT molecular complexity index is 1170. The van der Waals surface area contributed by atoms with Gasteiger partial charge in [0.25, 0.3) is 0 Å². The molecule has 11 nitrogen and oxygen atoms in total. The first-order valence-electron chi connectivity index (χ1n) is 14.3. The summed E-state index contributed by atoms with van der Waals surface area (Å²) >= 11 is 0. The first kappa shape index (κ1) is 33.9. The fourth-order valence-corrected chi connectivity index (χ4v) is 4.22. The van der Waals surface area contributed by atoms with Crippen LogP contribution in [0.25, 0.3) is 0 Å². The van der Waals surface area contributed by atoms with Gasteiger partial charge in [-0.05, 0) is 48.6 Å². The van der Waals surface area contributed by atoms with Crippen LogP contribution >= 0.6 is 0 Å². The molecule has 11 heteroatoms. The Morgan fingerprint density at radius 1 is 1.02 bits per heavy atom. The molecule has 3 unspecified atom stereocenters. The third-order valence-electron chi connectivity index (χ3n) is 6.93. The minimum Gasteiger partial charge on any atom is -0.457 e. The zero-order valence-electron chi connectivity index (χ0n) is 24.6. The maximum Gasteiger partial charge on any atom is 0.342 e. The van der Waals surface area contributed by atoms with Gasteiger partial charge in [-0.3, -0.25) is 24.2 Å². The summed E-state index contributed by atoms with van der Waals surface area (Å²) in [5, 5.41) is 5.37. The third kappa shape index (κ3) is 12.1. The first-order valence-corrected chi connectivity index (χ1v) is 14.3. The lowest BCUT2D eigenvalue weighted by Crippen LogP contribution is -2.45. The molecule has 2 aromatic rings. The molecule has 0 bridgehead atoms. The van der Waals surface area contributed by atoms with Crippen LogP contribution in [0.3, 0.4) is 0 Å². The highest BCUT2D eigenvalue weighted by Gasteiger charge is 2.31. The number of hydrogen-bond donors (Lipinski definition) is 3. The largest absolute Gasteiger partial charge is 0.457 e. The van der Waals surface area contributed by atoms with Crippen molar-refractivity contribution in [3.63, 3.8) is 0 Å². The number of primary amides is 1. The van der Waals surface area contributed by atoms with E-state index >= 15 is 0 Å². The van der Waals surface area contributed by atoms with Crippen molar-refractivity contribution >= 4 is 29.5 Å². The molecule has 3 amide bonds. The van der Waals surface area contributed by atoms with E-state index in [2.05, 4.69) is 15.6 Å². The molecule has 0 saturated carbocycles. The molecule has 0 aliphatic rings. The Morgan fingerprint density at radius 2 is 1.76 bits per heavy atom. The van der Waals surface area contributed by atoms with Crippen molar-refractivity contribution < 1.29 is 33.4 Å². The molecule has 1 aromatic heterocycles. The number of hydrogen-bond acceptors (Lipinski definition) is 8. The maximum absolute atomic E-state index is 13.5. The number of carbonyl (C=O) groups is 5. The van der Waals surface area contributed by atoms with Crippen molar-refractivity contribution in [2.75, 3.05) is 13.3 Å². The fourth-order valence-electron chi connectivity index (χ4n) is 4.22. The van der Waals surface area contributed by atoms with Gasteiger partial charge < -0.3 is 25.8 Å². The zero-order valence-corrected chi connectivity index (χ0v) is 24.6. The summed E-state index contributed by atoms with van der Waals surface area (Å²) in [6, 6.07) is 9.24. The number of unbranched alkanes of at least 4 members (excludes halogenated alkanes) is 2. The molecule has 0 spiro atoms. The number of ether oxygens (including phenoxy) is 2. The van der Waals surface area contributed by atoms with Gasteiger partial charge in [0, 0.05) is 31.2 Å². The van der Waals surface area contributed by atoms with E-state index in [1.807, 2.05) is 20.8 Å². The molecule has 0 aliphatic carbocycles. The lowest BCUT2D eigenvalue weighted by molar-refractivity contribution is -0.133. The van der Waals surface area contributed by atoms with Crippen LogP contribution in [0.5, 0.6) is 5.75 Å². The Morgan fingerprint density at radius 3 is 2.38 bits per heavy atom. The van der Waals surface area contributed by atoms with Gasteiger partial charge in [-0.25, -0.2) is 4.79 Å². The number of rotatable bonds is 19. The van der Waals surface area contributed by atoms with E-state index in [9.17, 15) is 24.0 Å². The molecule has 0 radical (unpaired) electrons. The molecule has 42 heavy (non-hydrogen) atoms. The second-order valence-corrected chi connectivity index (χ2v) is 10.2. The molecule has 4 N–H and O–H groups in total. The number of aromatic nitrogens is 1. The summed E-state index contributed by atoms with van der Waals surface area (Å²) in [5.41, 5.74) is 6.24. The van der Waals surface area contributed by atoms with Crippen LogP contribution in [0.2, 0.25) is 0 Å². The number of nitrogens with two attached hydrogens (primary N) is 1. The van der Waals surface area contributed by atoms with Crippen molar-refractivity contribution in [1.82, 2.24) is 15.6 Å². The molecule has 0 aliphatic heterocycles. The average molecular weight is 583 g/mol. The highest BCUT2D eigenvalue weighted by Crippen LogP contribution is 2.22. The fraction of sp³-hybridized carbons (Fsp3) is 0.484. The van der Waals surface area contributed by atoms with E-state index in [4.69, 9.17) is 15.2 Å². The molecule has 228 valence electrons. The number of nitrogens with zero attached hydrogens (tertiary/aromatic N) is 1. The number of carbonyl (C=O) groups excluding carboxylic acids is 5. The van der Waals surface area contributed by atoms with Crippen LogP contribution in [-0.4, -0.2) is 53.8 Å². The lowest BCUT2D eigenvalue weighted by atomic mass is 9.84. The number of pyridine rings is 1. The predicted molar refractivity (Wildman–Crippen MR) is 156 cm³/mol. The van der Waals surface area contributed by atoms with E-state index in [1.54, 1.807) is 42.6 Å². The summed E-state index contributed by atoms with van der Waals surface area (Å²) in [4.78, 5) is 66.1. The van der Waals surface area contributed by atoms with Crippen LogP contribution < -0.4 is 21.1 Å². The van der Waals surface area contributed by atoms with Gasteiger partial charge in [0.1, 0.15) is 5.75 Å². The van der Waals surface area contributed by atoms with E-state index in [-0.39, 0.29) is 43.8 Å². The van der Waals surface area contributed by atoms with Crippen LogP contribution in [-0.2, 0) is 30.3 Å². The van der Waals surface area contributed by atoms with E-state index in [1.165, 1.54) is 6.20 Å². The third-order valence-corrected chi connectivity index (χ3v) is 6.93. The van der Waals surface area contributed by atoms with Gasteiger partial charge in [0.05, 0.1) is 18.2 Å². The van der Waals surface area contributed by atoms with Crippen LogP contribution in [0.1, 0.15) is 75.2 Å². The molecular formula is C31H42N4O7. The van der Waals surface area contributed by atoms with Gasteiger partial charge in [-0.15, -0.1) is 0 Å². The van der Waals surface area contributed by atoms with Crippen molar-refractivity contribution in [1.29, 1.82) is 0 Å². The van der Waals surface area contributed by atoms with Crippen molar-refractivity contribution in [3.8, 4) is 5.75 Å². The number of ketones is 1. The molecule has 1 aromatic carbocycles. The Hall–Kier alpha value is -4.28. The molecule has 1 heterocycles. The summed E-state index contributed by atoms with van der Waals surface area (Å²) in [6.07, 6.45) is 6.60. The van der Waals surface area contributed by atoms with Crippen molar-refractivity contribution in [2.24, 2.45) is 17.6 Å². The topological polar surface area (TPSA) is 167 Å². The molecular weight excluding hydrogens is 540 g/mol. The number of Topliss-reactive ketones (excluding diaryl/α,β-unsaturated/α-hetero) is 1. The summed E-state index contributed by atoms with van der Waals surface area (Å²) in [7, 11) is 0. The van der Waals surface area contributed by atoms with Gasteiger partial charge in [-0.2, -0.15) is 0 Å². The SMILES string of the molecule is CCCCCC(=O)NC(Cc1ccc(OCOC(=O)c2cccnc2)cc1)C(=O)CC(C(=O)NCC(N)=O)C(C)CC. The van der Waals surface area contributed by atoms with Gasteiger partial charge in [0.15, 0.2) is 5.78 Å². The number of nitrogens with one attached hydrogen (secondary N) is 2. The normalized spacial score (nSPS) is 12.8. The quantitative estimate of drug-likeness (QED) is 0.129. The minimum absolute atomic E-state index is 0.0942. The van der Waals surface area contributed by atoms with Crippen LogP contribution in [0, 0.1) is 11.8 Å². The number of benzene rings is 1. The molecule has 0 saturated heterocycles. The summed E-state index contributed by atoms with van der Waals surface area (Å²) in [5.74, 6) is -2.51. The summed E-state index contributed by atoms with van der Waals surface area (Å²) < 4.78 is 10.6. The second-order valence-electron chi connectivity index (χ2n) is 10.2. The van der Waals surface area contributed by atoms with E-state index < -0.39 is 29.7 Å². The monoisotopic (exact) mass is 582 g/mol. The number of amides is 3. The highest BCUT2D eigenvalue weighted by molar-refractivity contribution is 5.93. The predicted octanol–water partition coefficient (Wildman–Crippen LogP) is 3.11. The van der Waals surface area contributed by atoms with Gasteiger partial charge in [-0.1, -0.05) is 52.2 Å². The molecule has 0 fully saturated rings. The summed E-state index contributed by atoms with van der Waals surface area (Å²) in [6.45, 7) is 5.22. The van der Waals surface area contributed by atoms with Crippen molar-refractivity contribution in [2.45, 2.75) is 71.8 Å². The standard InChI is InChI=1S/C31H42N4O7/c1-4-6-7-10-29(38)35-26(27(36)17-25(21(3)5-2)30(39)34-19-28(32)37)16-22-11-13-24(14-12-22)41-20-42-31(40)23-9-8-15-33-18-23/h8-9,11-15,18,21,25-26H,4-7,10,16-17,19-20H2,1-3H3,(H2,32,37)(H,34,39)(H,35,38). The molecule has 2 rings (SSSR count). The van der Waals surface area contributed by atoms with Crippen molar-refractivity contribution in [3.05, 3.63) is 59.9 Å². The van der Waals surface area contributed by atoms with Crippen LogP contribution in [0.15, 0.2) is 48.8 Å². The van der Waals surface area contributed by atoms with Gasteiger partial charge >= 0.3 is 5.97 Å². The Balaban J connectivity index is 2.08. The van der Waals surface area contributed by atoms with Crippen LogP contribution in [0.4, 0.5) is 0 Å². The highest BCUT2D eigenvalue weighted by atomic mass is 16.7. The lowest BCUT2D eigenvalue weighted by Gasteiger charge is -2.25. The zero-order chi connectivity index (χ0) is 30.9. The van der Waals surface area contributed by atoms with E-state index in [0.29, 0.717) is 30.6 Å². The Kier molecular flexibility index (Phi) is 14.7.